The Morgan fingerprint density at radius 3 is 2.83 bits per heavy atom. The summed E-state index contributed by atoms with van der Waals surface area (Å²) in [5.41, 5.74) is 5.37. The van der Waals surface area contributed by atoms with Gasteiger partial charge in [-0.1, -0.05) is 19.8 Å². The second-order valence-electron chi connectivity index (χ2n) is 4.64. The van der Waals surface area contributed by atoms with E-state index < -0.39 is 11.9 Å². The Morgan fingerprint density at radius 2 is 2.28 bits per heavy atom. The number of rotatable bonds is 3. The average molecular weight is 250 g/mol. The summed E-state index contributed by atoms with van der Waals surface area (Å²) < 4.78 is 0. The van der Waals surface area contributed by atoms with Crippen LogP contribution in [0.3, 0.4) is 0 Å². The van der Waals surface area contributed by atoms with E-state index in [0.717, 1.165) is 19.3 Å². The summed E-state index contributed by atoms with van der Waals surface area (Å²) in [6, 6.07) is -0.485. The van der Waals surface area contributed by atoms with E-state index in [1.165, 1.54) is 0 Å². The second kappa shape index (κ2) is 7.05. The van der Waals surface area contributed by atoms with Gasteiger partial charge in [0.05, 0.1) is 0 Å². The van der Waals surface area contributed by atoms with Crippen molar-refractivity contribution in [3.8, 4) is 11.8 Å². The van der Waals surface area contributed by atoms with Gasteiger partial charge in [0, 0.05) is 25.3 Å². The molecule has 1 heterocycles. The third kappa shape index (κ3) is 3.76. The van der Waals surface area contributed by atoms with Crippen LogP contribution in [0, 0.1) is 17.8 Å². The molecule has 2 amide bonds. The number of amides is 2. The zero-order chi connectivity index (χ0) is 13.5. The molecule has 100 valence electrons. The maximum Gasteiger partial charge on any atom is 0.240 e. The molecule has 0 spiro atoms. The van der Waals surface area contributed by atoms with E-state index >= 15 is 0 Å². The lowest BCUT2D eigenvalue weighted by molar-refractivity contribution is -0.139. The van der Waals surface area contributed by atoms with Crippen LogP contribution >= 0.6 is 0 Å². The van der Waals surface area contributed by atoms with Crippen LogP contribution in [0.2, 0.25) is 0 Å². The van der Waals surface area contributed by atoms with Crippen molar-refractivity contribution in [2.24, 2.45) is 11.7 Å². The van der Waals surface area contributed by atoms with Crippen molar-refractivity contribution in [2.45, 2.75) is 52.0 Å². The Balaban J connectivity index is 2.84. The van der Waals surface area contributed by atoms with Gasteiger partial charge in [-0.25, -0.2) is 0 Å². The standard InChI is InChI=1S/C14H22N2O2/c1-3-5-7-11-8-6-9-13(17)16(10-11)12(4-2)14(15)18/h11-12H,3-4,6,8-10H2,1-2H3,(H2,15,18). The summed E-state index contributed by atoms with van der Waals surface area (Å²) >= 11 is 0. The first-order chi connectivity index (χ1) is 8.60. The van der Waals surface area contributed by atoms with Crippen molar-refractivity contribution in [3.05, 3.63) is 0 Å². The number of hydrogen-bond acceptors (Lipinski definition) is 2. The minimum atomic E-state index is -0.485. The van der Waals surface area contributed by atoms with Crippen molar-refractivity contribution in [3.63, 3.8) is 0 Å². The molecule has 1 saturated heterocycles. The molecule has 0 aromatic rings. The molecule has 1 rings (SSSR count). The van der Waals surface area contributed by atoms with Gasteiger partial charge in [0.15, 0.2) is 0 Å². The molecular weight excluding hydrogens is 228 g/mol. The van der Waals surface area contributed by atoms with Crippen LogP contribution in [-0.4, -0.2) is 29.3 Å². The molecule has 2 atom stereocenters. The van der Waals surface area contributed by atoms with Crippen LogP contribution in [0.1, 0.15) is 46.0 Å². The van der Waals surface area contributed by atoms with E-state index in [2.05, 4.69) is 11.8 Å². The normalized spacial score (nSPS) is 21.8. The predicted octanol–water partition coefficient (Wildman–Crippen LogP) is 1.29. The summed E-state index contributed by atoms with van der Waals surface area (Å²) in [5.74, 6) is 6.03. The Hall–Kier alpha value is -1.50. The van der Waals surface area contributed by atoms with Crippen molar-refractivity contribution in [1.82, 2.24) is 4.90 Å². The van der Waals surface area contributed by atoms with Gasteiger partial charge in [-0.05, 0) is 19.3 Å². The first-order valence-electron chi connectivity index (χ1n) is 6.67. The molecule has 4 heteroatoms. The third-order valence-corrected chi connectivity index (χ3v) is 3.25. The van der Waals surface area contributed by atoms with Gasteiger partial charge in [0.1, 0.15) is 6.04 Å². The second-order valence-corrected chi connectivity index (χ2v) is 4.64. The molecule has 2 N–H and O–H groups in total. The summed E-state index contributed by atoms with van der Waals surface area (Å²) in [6.45, 7) is 4.42. The highest BCUT2D eigenvalue weighted by Crippen LogP contribution is 2.20. The Morgan fingerprint density at radius 1 is 1.56 bits per heavy atom. The molecule has 1 fully saturated rings. The largest absolute Gasteiger partial charge is 0.368 e. The summed E-state index contributed by atoms with van der Waals surface area (Å²) in [7, 11) is 0. The smallest absolute Gasteiger partial charge is 0.240 e. The number of carbonyl (C=O) groups is 2. The average Bonchev–Trinajstić information content (AvgIpc) is 2.50. The molecule has 4 nitrogen and oxygen atoms in total. The molecule has 0 aromatic heterocycles. The lowest BCUT2D eigenvalue weighted by Crippen LogP contribution is -2.48. The van der Waals surface area contributed by atoms with E-state index in [1.807, 2.05) is 13.8 Å². The molecule has 0 aliphatic carbocycles. The first kappa shape index (κ1) is 14.6. The summed E-state index contributed by atoms with van der Waals surface area (Å²) in [6.07, 6.45) is 3.64. The molecule has 0 radical (unpaired) electrons. The Labute approximate surface area is 109 Å². The monoisotopic (exact) mass is 250 g/mol. The van der Waals surface area contributed by atoms with Gasteiger partial charge in [0.25, 0.3) is 0 Å². The highest BCUT2D eigenvalue weighted by molar-refractivity contribution is 5.86. The Bertz CT molecular complexity index is 368. The maximum atomic E-state index is 12.0. The minimum absolute atomic E-state index is 0.0291. The fourth-order valence-electron chi connectivity index (χ4n) is 2.31. The molecule has 18 heavy (non-hydrogen) atoms. The maximum absolute atomic E-state index is 12.0. The number of likely N-dealkylation sites (tertiary alicyclic amines) is 1. The number of nitrogens with zero attached hydrogens (tertiary/aromatic N) is 1. The lowest BCUT2D eigenvalue weighted by atomic mass is 10.0. The van der Waals surface area contributed by atoms with E-state index in [-0.39, 0.29) is 11.8 Å². The predicted molar refractivity (Wildman–Crippen MR) is 70.4 cm³/mol. The molecule has 1 aliphatic rings. The van der Waals surface area contributed by atoms with Crippen LogP contribution in [0.5, 0.6) is 0 Å². The van der Waals surface area contributed by atoms with Crippen molar-refractivity contribution in [1.29, 1.82) is 0 Å². The topological polar surface area (TPSA) is 63.4 Å². The van der Waals surface area contributed by atoms with Gasteiger partial charge in [-0.15, -0.1) is 5.92 Å². The van der Waals surface area contributed by atoms with Crippen LogP contribution in [-0.2, 0) is 9.59 Å². The van der Waals surface area contributed by atoms with Crippen molar-refractivity contribution >= 4 is 11.8 Å². The lowest BCUT2D eigenvalue weighted by Gasteiger charge is -2.29. The van der Waals surface area contributed by atoms with Crippen LogP contribution in [0.25, 0.3) is 0 Å². The van der Waals surface area contributed by atoms with E-state index in [4.69, 9.17) is 5.73 Å². The van der Waals surface area contributed by atoms with Gasteiger partial charge < -0.3 is 10.6 Å². The van der Waals surface area contributed by atoms with E-state index in [0.29, 0.717) is 19.4 Å². The van der Waals surface area contributed by atoms with Crippen LogP contribution in [0.15, 0.2) is 0 Å². The van der Waals surface area contributed by atoms with Gasteiger partial charge in [-0.2, -0.15) is 0 Å². The van der Waals surface area contributed by atoms with Crippen LogP contribution in [0.4, 0.5) is 0 Å². The Kier molecular flexibility index (Phi) is 5.70. The van der Waals surface area contributed by atoms with Gasteiger partial charge >= 0.3 is 0 Å². The molecule has 1 aliphatic heterocycles. The zero-order valence-corrected chi connectivity index (χ0v) is 11.2. The quantitative estimate of drug-likeness (QED) is 0.767. The molecule has 0 saturated carbocycles. The number of primary amides is 1. The SMILES string of the molecule is CCC#CC1CCCC(=O)N(C(CC)C(N)=O)C1. The van der Waals surface area contributed by atoms with E-state index in [9.17, 15) is 9.59 Å². The highest BCUT2D eigenvalue weighted by atomic mass is 16.2. The number of hydrogen-bond donors (Lipinski definition) is 1. The van der Waals surface area contributed by atoms with Crippen molar-refractivity contribution in [2.75, 3.05) is 6.54 Å². The molecule has 0 aromatic carbocycles. The molecule has 2 unspecified atom stereocenters. The molecular formula is C14H22N2O2. The number of carbonyl (C=O) groups excluding carboxylic acids is 2. The van der Waals surface area contributed by atoms with Crippen LogP contribution < -0.4 is 5.73 Å². The molecule has 0 bridgehead atoms. The fraction of sp³-hybridized carbons (Fsp3) is 0.714. The first-order valence-corrected chi connectivity index (χ1v) is 6.67. The highest BCUT2D eigenvalue weighted by Gasteiger charge is 2.30. The summed E-state index contributed by atoms with van der Waals surface area (Å²) in [4.78, 5) is 25.0. The van der Waals surface area contributed by atoms with Gasteiger partial charge in [0.2, 0.25) is 11.8 Å². The van der Waals surface area contributed by atoms with Gasteiger partial charge in [-0.3, -0.25) is 9.59 Å². The summed E-state index contributed by atoms with van der Waals surface area (Å²) in [5, 5.41) is 0. The fourth-order valence-corrected chi connectivity index (χ4v) is 2.31. The van der Waals surface area contributed by atoms with E-state index in [1.54, 1.807) is 4.90 Å². The zero-order valence-electron chi connectivity index (χ0n) is 11.2. The third-order valence-electron chi connectivity index (χ3n) is 3.25. The number of nitrogens with two attached hydrogens (primary N) is 1. The minimum Gasteiger partial charge on any atom is -0.368 e. The van der Waals surface area contributed by atoms with Crippen molar-refractivity contribution < 1.29 is 9.59 Å².